The molecule has 6 heteroatoms. The van der Waals surface area contributed by atoms with E-state index in [2.05, 4.69) is 0 Å². The molecular weight excluding hydrogens is 286 g/mol. The summed E-state index contributed by atoms with van der Waals surface area (Å²) in [5.74, 6) is -0.220. The van der Waals surface area contributed by atoms with E-state index < -0.39 is 11.9 Å². The van der Waals surface area contributed by atoms with Crippen LogP contribution < -0.4 is 9.47 Å². The van der Waals surface area contributed by atoms with Crippen LogP contribution in [0.4, 0.5) is 0 Å². The van der Waals surface area contributed by atoms with E-state index in [1.165, 1.54) is 4.90 Å². The van der Waals surface area contributed by atoms with Crippen molar-refractivity contribution in [2.75, 3.05) is 27.8 Å². The number of hydrogen-bond donors (Lipinski definition) is 1. The van der Waals surface area contributed by atoms with Gasteiger partial charge in [0.15, 0.2) is 0 Å². The molecule has 0 spiro atoms. The molecule has 0 saturated heterocycles. The molecular formula is C16H23NO5. The molecule has 1 aromatic carbocycles. The van der Waals surface area contributed by atoms with Crippen molar-refractivity contribution in [1.29, 1.82) is 0 Å². The SMILES string of the molecule is COc1cc(CCC(=O)N(C)CC(C)C(=O)O)cc(OC)c1. The minimum absolute atomic E-state index is 0.0881. The summed E-state index contributed by atoms with van der Waals surface area (Å²) in [6.45, 7) is 1.79. The van der Waals surface area contributed by atoms with Gasteiger partial charge in [0.2, 0.25) is 5.91 Å². The number of carboxylic acids is 1. The molecule has 0 radical (unpaired) electrons. The standard InChI is InChI=1S/C16H23NO5/c1-11(16(19)20)10-17(2)15(18)6-5-12-7-13(21-3)9-14(8-12)22-4/h7-9,11H,5-6,10H2,1-4H3,(H,19,20). The number of hydrogen-bond acceptors (Lipinski definition) is 4. The molecule has 1 rings (SSSR count). The van der Waals surface area contributed by atoms with Crippen molar-refractivity contribution in [3.63, 3.8) is 0 Å². The fraction of sp³-hybridized carbons (Fsp3) is 0.500. The van der Waals surface area contributed by atoms with Crippen LogP contribution in [-0.4, -0.2) is 49.7 Å². The molecule has 22 heavy (non-hydrogen) atoms. The molecule has 1 amide bonds. The lowest BCUT2D eigenvalue weighted by molar-refractivity contribution is -0.142. The van der Waals surface area contributed by atoms with Gasteiger partial charge in [0.25, 0.3) is 0 Å². The lowest BCUT2D eigenvalue weighted by Gasteiger charge is -2.19. The van der Waals surface area contributed by atoms with E-state index in [0.717, 1.165) is 5.56 Å². The number of carboxylic acid groups (broad SMARTS) is 1. The smallest absolute Gasteiger partial charge is 0.308 e. The third-order valence-electron chi connectivity index (χ3n) is 3.43. The lowest BCUT2D eigenvalue weighted by Crippen LogP contribution is -2.33. The summed E-state index contributed by atoms with van der Waals surface area (Å²) in [5, 5.41) is 8.87. The topological polar surface area (TPSA) is 76.1 Å². The minimum Gasteiger partial charge on any atom is -0.497 e. The molecule has 0 saturated carbocycles. The second-order valence-electron chi connectivity index (χ2n) is 5.23. The number of carbonyl (C=O) groups is 2. The van der Waals surface area contributed by atoms with Gasteiger partial charge in [0, 0.05) is 26.1 Å². The van der Waals surface area contributed by atoms with Crippen LogP contribution in [0, 0.1) is 5.92 Å². The van der Waals surface area contributed by atoms with Gasteiger partial charge in [-0.25, -0.2) is 0 Å². The first-order chi connectivity index (χ1) is 10.4. The monoisotopic (exact) mass is 309 g/mol. The zero-order chi connectivity index (χ0) is 16.7. The van der Waals surface area contributed by atoms with Gasteiger partial charge < -0.3 is 19.5 Å². The number of nitrogens with zero attached hydrogens (tertiary/aromatic N) is 1. The number of benzene rings is 1. The van der Waals surface area contributed by atoms with E-state index in [1.807, 2.05) is 12.1 Å². The Morgan fingerprint density at radius 3 is 2.18 bits per heavy atom. The van der Waals surface area contributed by atoms with Crippen LogP contribution in [0.2, 0.25) is 0 Å². The largest absolute Gasteiger partial charge is 0.497 e. The zero-order valence-electron chi connectivity index (χ0n) is 13.5. The van der Waals surface area contributed by atoms with Gasteiger partial charge in [-0.1, -0.05) is 6.92 Å². The van der Waals surface area contributed by atoms with Crippen molar-refractivity contribution < 1.29 is 24.2 Å². The quantitative estimate of drug-likeness (QED) is 0.792. The first kappa shape index (κ1) is 17.8. The zero-order valence-corrected chi connectivity index (χ0v) is 13.5. The number of aryl methyl sites for hydroxylation is 1. The average Bonchev–Trinajstić information content (AvgIpc) is 2.51. The van der Waals surface area contributed by atoms with E-state index in [4.69, 9.17) is 14.6 Å². The van der Waals surface area contributed by atoms with Gasteiger partial charge in [-0.15, -0.1) is 0 Å². The third kappa shape index (κ3) is 5.27. The second kappa shape index (κ2) is 8.26. The molecule has 0 aromatic heterocycles. The molecule has 0 aliphatic carbocycles. The summed E-state index contributed by atoms with van der Waals surface area (Å²) in [6, 6.07) is 5.48. The highest BCUT2D eigenvalue weighted by Gasteiger charge is 2.17. The van der Waals surface area contributed by atoms with Crippen molar-refractivity contribution in [2.24, 2.45) is 5.92 Å². The molecule has 0 fully saturated rings. The van der Waals surface area contributed by atoms with Crippen LogP contribution in [-0.2, 0) is 16.0 Å². The summed E-state index contributed by atoms with van der Waals surface area (Å²) in [5.41, 5.74) is 0.934. The molecule has 122 valence electrons. The first-order valence-corrected chi connectivity index (χ1v) is 7.06. The molecule has 1 unspecified atom stereocenters. The van der Waals surface area contributed by atoms with Crippen molar-refractivity contribution in [3.8, 4) is 11.5 Å². The van der Waals surface area contributed by atoms with Crippen molar-refractivity contribution >= 4 is 11.9 Å². The molecule has 0 aliphatic heterocycles. The molecule has 0 bridgehead atoms. The highest BCUT2D eigenvalue weighted by Crippen LogP contribution is 2.23. The number of amides is 1. The Hall–Kier alpha value is -2.24. The fourth-order valence-corrected chi connectivity index (χ4v) is 2.04. The van der Waals surface area contributed by atoms with Gasteiger partial charge in [-0.2, -0.15) is 0 Å². The van der Waals surface area contributed by atoms with Crippen molar-refractivity contribution in [3.05, 3.63) is 23.8 Å². The Bertz CT molecular complexity index is 507. The van der Waals surface area contributed by atoms with Gasteiger partial charge in [0.1, 0.15) is 11.5 Å². The molecule has 1 aromatic rings. The van der Waals surface area contributed by atoms with Crippen molar-refractivity contribution in [1.82, 2.24) is 4.90 Å². The van der Waals surface area contributed by atoms with Crippen LogP contribution in [0.25, 0.3) is 0 Å². The van der Waals surface area contributed by atoms with Crippen LogP contribution >= 0.6 is 0 Å². The average molecular weight is 309 g/mol. The van der Waals surface area contributed by atoms with E-state index in [-0.39, 0.29) is 12.5 Å². The second-order valence-corrected chi connectivity index (χ2v) is 5.23. The summed E-state index contributed by atoms with van der Waals surface area (Å²) in [4.78, 5) is 24.3. The Labute approximate surface area is 130 Å². The molecule has 1 N–H and O–H groups in total. The minimum atomic E-state index is -0.905. The van der Waals surface area contributed by atoms with Crippen LogP contribution in [0.3, 0.4) is 0 Å². The lowest BCUT2D eigenvalue weighted by atomic mass is 10.1. The predicted molar refractivity (Wildman–Crippen MR) is 82.3 cm³/mol. The van der Waals surface area contributed by atoms with Gasteiger partial charge in [0.05, 0.1) is 20.1 Å². The summed E-state index contributed by atoms with van der Waals surface area (Å²) in [7, 11) is 4.77. The van der Waals surface area contributed by atoms with Gasteiger partial charge >= 0.3 is 5.97 Å². The number of methoxy groups -OCH3 is 2. The molecule has 6 nitrogen and oxygen atoms in total. The summed E-state index contributed by atoms with van der Waals surface area (Å²) in [6.07, 6.45) is 0.845. The maximum Gasteiger partial charge on any atom is 0.308 e. The summed E-state index contributed by atoms with van der Waals surface area (Å²) >= 11 is 0. The summed E-state index contributed by atoms with van der Waals surface area (Å²) < 4.78 is 10.4. The number of carbonyl (C=O) groups excluding carboxylic acids is 1. The van der Waals surface area contributed by atoms with Gasteiger partial charge in [-0.05, 0) is 24.1 Å². The Morgan fingerprint density at radius 2 is 1.73 bits per heavy atom. The van der Waals surface area contributed by atoms with Crippen LogP contribution in [0.5, 0.6) is 11.5 Å². The molecule has 0 heterocycles. The first-order valence-electron chi connectivity index (χ1n) is 7.06. The number of aliphatic carboxylic acids is 1. The molecule has 1 atom stereocenters. The van der Waals surface area contributed by atoms with E-state index >= 15 is 0 Å². The van der Waals surface area contributed by atoms with Crippen LogP contribution in [0.1, 0.15) is 18.9 Å². The van der Waals surface area contributed by atoms with E-state index in [1.54, 1.807) is 34.3 Å². The van der Waals surface area contributed by atoms with Crippen molar-refractivity contribution in [2.45, 2.75) is 19.8 Å². The van der Waals surface area contributed by atoms with E-state index in [9.17, 15) is 9.59 Å². The number of rotatable bonds is 8. The van der Waals surface area contributed by atoms with Crippen LogP contribution in [0.15, 0.2) is 18.2 Å². The number of ether oxygens (including phenoxy) is 2. The van der Waals surface area contributed by atoms with Gasteiger partial charge in [-0.3, -0.25) is 9.59 Å². The fourth-order valence-electron chi connectivity index (χ4n) is 2.04. The predicted octanol–water partition coefficient (Wildman–Crippen LogP) is 1.82. The Kier molecular flexibility index (Phi) is 6.69. The molecule has 0 aliphatic rings. The van der Waals surface area contributed by atoms with E-state index in [0.29, 0.717) is 24.3 Å². The highest BCUT2D eigenvalue weighted by molar-refractivity contribution is 5.77. The highest BCUT2D eigenvalue weighted by atomic mass is 16.5. The maximum atomic E-state index is 12.1. The normalized spacial score (nSPS) is 11.6. The third-order valence-corrected chi connectivity index (χ3v) is 3.43. The Balaban J connectivity index is 2.61. The maximum absolute atomic E-state index is 12.1. The Morgan fingerprint density at radius 1 is 1.18 bits per heavy atom.